The molecule has 0 radical (unpaired) electrons. The molecule has 3 N–H and O–H groups in total. The van der Waals surface area contributed by atoms with Crippen LogP contribution in [0.2, 0.25) is 0 Å². The van der Waals surface area contributed by atoms with Gasteiger partial charge in [0.15, 0.2) is 0 Å². The van der Waals surface area contributed by atoms with E-state index < -0.39 is 19.7 Å². The van der Waals surface area contributed by atoms with Gasteiger partial charge in [-0.25, -0.2) is 4.57 Å². The van der Waals surface area contributed by atoms with Gasteiger partial charge in [-0.05, 0) is 18.4 Å². The number of phosphoric acid groups is 1. The van der Waals surface area contributed by atoms with Crippen molar-refractivity contribution in [3.8, 4) is 5.75 Å². The molecule has 0 aliphatic rings. The maximum absolute atomic E-state index is 11.7. The molecule has 0 saturated carbocycles. The van der Waals surface area contributed by atoms with Crippen molar-refractivity contribution in [3.63, 3.8) is 0 Å². The van der Waals surface area contributed by atoms with E-state index in [-0.39, 0.29) is 11.7 Å². The quantitative estimate of drug-likeness (QED) is 0.439. The fourth-order valence-corrected chi connectivity index (χ4v) is 3.11. The smallest absolute Gasteiger partial charge is 0.481 e. The van der Waals surface area contributed by atoms with Gasteiger partial charge in [-0.15, -0.1) is 0 Å². The number of carboxylic acid groups (broad SMARTS) is 1. The fourth-order valence-electron chi connectivity index (χ4n) is 2.69. The predicted octanol–water partition coefficient (Wildman–Crippen LogP) is 3.93. The van der Waals surface area contributed by atoms with Gasteiger partial charge in [0.25, 0.3) is 0 Å². The number of phosphoric ester groups is 1. The number of hydrogen-bond acceptors (Lipinski definition) is 3. The van der Waals surface area contributed by atoms with E-state index in [0.29, 0.717) is 5.56 Å². The van der Waals surface area contributed by atoms with Crippen molar-refractivity contribution in [2.24, 2.45) is 5.92 Å². The highest BCUT2D eigenvalue weighted by molar-refractivity contribution is 7.46. The molecular formula is C16H25O6P. The summed E-state index contributed by atoms with van der Waals surface area (Å²) in [5.41, 5.74) is 0.298. The number of benzene rings is 1. The first-order valence-electron chi connectivity index (χ1n) is 7.83. The number of rotatable bonds is 10. The summed E-state index contributed by atoms with van der Waals surface area (Å²) in [6, 6.07) is 6.13. The molecule has 0 fully saturated rings. The lowest BCUT2D eigenvalue weighted by molar-refractivity contribution is -0.140. The average Bonchev–Trinajstić information content (AvgIpc) is 2.44. The van der Waals surface area contributed by atoms with Gasteiger partial charge in [-0.3, -0.25) is 14.6 Å². The van der Waals surface area contributed by atoms with Gasteiger partial charge < -0.3 is 9.63 Å². The average molecular weight is 344 g/mol. The minimum atomic E-state index is -4.74. The molecule has 0 aromatic heterocycles. The van der Waals surface area contributed by atoms with Crippen molar-refractivity contribution in [2.75, 3.05) is 0 Å². The van der Waals surface area contributed by atoms with Crippen LogP contribution in [0, 0.1) is 5.92 Å². The van der Waals surface area contributed by atoms with Gasteiger partial charge in [0, 0.05) is 5.56 Å². The van der Waals surface area contributed by atoms with Crippen molar-refractivity contribution >= 4 is 13.8 Å². The summed E-state index contributed by atoms with van der Waals surface area (Å²) in [7, 11) is -4.74. The largest absolute Gasteiger partial charge is 0.524 e. The molecule has 0 bridgehead atoms. The van der Waals surface area contributed by atoms with Gasteiger partial charge in [-0.1, -0.05) is 57.7 Å². The van der Waals surface area contributed by atoms with E-state index in [9.17, 15) is 14.5 Å². The zero-order chi connectivity index (χ0) is 17.5. The molecule has 0 aliphatic carbocycles. The lowest BCUT2D eigenvalue weighted by atomic mass is 9.83. The second kappa shape index (κ2) is 9.06. The maximum atomic E-state index is 11.7. The Morgan fingerprint density at radius 2 is 1.87 bits per heavy atom. The molecule has 1 rings (SSSR count). The zero-order valence-electron chi connectivity index (χ0n) is 13.5. The second-order valence-corrected chi connectivity index (χ2v) is 6.93. The summed E-state index contributed by atoms with van der Waals surface area (Å²) in [5.74, 6) is -2.12. The highest BCUT2D eigenvalue weighted by atomic mass is 31.2. The summed E-state index contributed by atoms with van der Waals surface area (Å²) < 4.78 is 15.7. The first kappa shape index (κ1) is 19.7. The van der Waals surface area contributed by atoms with Gasteiger partial charge in [0.05, 0.1) is 5.92 Å². The van der Waals surface area contributed by atoms with Crippen LogP contribution in [0.5, 0.6) is 5.75 Å². The van der Waals surface area contributed by atoms with Crippen LogP contribution >= 0.6 is 7.82 Å². The number of unbranched alkanes of at least 4 members (excludes halogenated alkanes) is 3. The number of carboxylic acids is 1. The molecule has 2 unspecified atom stereocenters. The number of hydrogen-bond donors (Lipinski definition) is 3. The number of carbonyl (C=O) groups is 1. The lowest BCUT2D eigenvalue weighted by Gasteiger charge is -2.23. The van der Waals surface area contributed by atoms with E-state index in [1.54, 1.807) is 18.2 Å². The normalized spacial score (nSPS) is 14.3. The third-order valence-corrected chi connectivity index (χ3v) is 4.25. The maximum Gasteiger partial charge on any atom is 0.524 e. The second-order valence-electron chi connectivity index (χ2n) is 5.76. The van der Waals surface area contributed by atoms with Crippen LogP contribution in [0.15, 0.2) is 24.3 Å². The van der Waals surface area contributed by atoms with Crippen LogP contribution < -0.4 is 4.52 Å². The molecule has 130 valence electrons. The van der Waals surface area contributed by atoms with Crippen molar-refractivity contribution in [1.29, 1.82) is 0 Å². The standard InChI is InChI=1S/C16H25O6P/c1-3-4-5-6-9-12(2)15(16(17)18)13-10-7-8-11-14(13)22-23(19,20)21/h7-8,10-12,15H,3-6,9H2,1-2H3,(H,17,18)(H2,19,20,21). The zero-order valence-corrected chi connectivity index (χ0v) is 14.4. The van der Waals surface area contributed by atoms with Gasteiger partial charge >= 0.3 is 13.8 Å². The van der Waals surface area contributed by atoms with E-state index in [4.69, 9.17) is 9.79 Å². The minimum Gasteiger partial charge on any atom is -0.481 e. The first-order valence-corrected chi connectivity index (χ1v) is 9.36. The Hall–Kier alpha value is -1.36. The number of aliphatic carboxylic acids is 1. The Bertz CT molecular complexity index is 553. The molecule has 0 heterocycles. The molecule has 2 atom stereocenters. The molecule has 0 saturated heterocycles. The molecule has 6 nitrogen and oxygen atoms in total. The molecule has 1 aromatic rings. The number of para-hydroxylation sites is 1. The van der Waals surface area contributed by atoms with Crippen molar-refractivity contribution in [1.82, 2.24) is 0 Å². The lowest BCUT2D eigenvalue weighted by Crippen LogP contribution is -2.20. The van der Waals surface area contributed by atoms with Crippen molar-refractivity contribution in [3.05, 3.63) is 29.8 Å². The van der Waals surface area contributed by atoms with Crippen LogP contribution in [0.4, 0.5) is 0 Å². The van der Waals surface area contributed by atoms with Crippen molar-refractivity contribution < 1.29 is 28.8 Å². The van der Waals surface area contributed by atoms with E-state index in [1.807, 2.05) is 6.92 Å². The van der Waals surface area contributed by atoms with E-state index in [0.717, 1.165) is 32.1 Å². The predicted molar refractivity (Wildman–Crippen MR) is 87.4 cm³/mol. The van der Waals surface area contributed by atoms with Crippen LogP contribution in [0.3, 0.4) is 0 Å². The molecule has 0 amide bonds. The Balaban J connectivity index is 2.97. The fraction of sp³-hybridized carbons (Fsp3) is 0.562. The summed E-state index contributed by atoms with van der Waals surface area (Å²) in [6.07, 6.45) is 4.94. The third kappa shape index (κ3) is 6.73. The SMILES string of the molecule is CCCCCCC(C)C(C(=O)O)c1ccccc1OP(=O)(O)O. The molecule has 0 aliphatic heterocycles. The topological polar surface area (TPSA) is 104 Å². The molecular weight excluding hydrogens is 319 g/mol. The van der Waals surface area contributed by atoms with E-state index in [1.165, 1.54) is 6.07 Å². The third-order valence-electron chi connectivity index (χ3n) is 3.82. The Morgan fingerprint density at radius 1 is 1.22 bits per heavy atom. The first-order chi connectivity index (χ1) is 10.8. The molecule has 1 aromatic carbocycles. The van der Waals surface area contributed by atoms with Gasteiger partial charge in [-0.2, -0.15) is 0 Å². The Kier molecular flexibility index (Phi) is 7.76. The molecule has 7 heteroatoms. The minimum absolute atomic E-state index is 0.0753. The van der Waals surface area contributed by atoms with Crippen LogP contribution in [-0.4, -0.2) is 20.9 Å². The van der Waals surface area contributed by atoms with E-state index in [2.05, 4.69) is 11.4 Å². The molecule has 23 heavy (non-hydrogen) atoms. The van der Waals surface area contributed by atoms with Crippen molar-refractivity contribution in [2.45, 2.75) is 51.9 Å². The van der Waals surface area contributed by atoms with Gasteiger partial charge in [0.1, 0.15) is 5.75 Å². The Labute approximate surface area is 136 Å². The summed E-state index contributed by atoms with van der Waals surface area (Å²) in [6.45, 7) is 3.96. The highest BCUT2D eigenvalue weighted by Gasteiger charge is 2.30. The molecule has 0 spiro atoms. The van der Waals surface area contributed by atoms with Gasteiger partial charge in [0.2, 0.25) is 0 Å². The summed E-state index contributed by atoms with van der Waals surface area (Å²) in [5, 5.41) is 9.57. The Morgan fingerprint density at radius 3 is 2.43 bits per heavy atom. The van der Waals surface area contributed by atoms with E-state index >= 15 is 0 Å². The summed E-state index contributed by atoms with van der Waals surface area (Å²) in [4.78, 5) is 29.7. The van der Waals surface area contributed by atoms with Crippen LogP contribution in [0.1, 0.15) is 57.4 Å². The van der Waals surface area contributed by atoms with Crippen LogP contribution in [-0.2, 0) is 9.36 Å². The highest BCUT2D eigenvalue weighted by Crippen LogP contribution is 2.42. The summed E-state index contributed by atoms with van der Waals surface area (Å²) >= 11 is 0. The van der Waals surface area contributed by atoms with Crippen LogP contribution in [0.25, 0.3) is 0 Å². The monoisotopic (exact) mass is 344 g/mol.